The predicted molar refractivity (Wildman–Crippen MR) is 89.1 cm³/mol. The molecule has 0 spiro atoms. The van der Waals surface area contributed by atoms with E-state index in [1.807, 2.05) is 6.07 Å². The van der Waals surface area contributed by atoms with Gasteiger partial charge in [-0.15, -0.1) is 0 Å². The summed E-state index contributed by atoms with van der Waals surface area (Å²) in [5, 5.41) is 2.35. The Morgan fingerprint density at radius 1 is 1.04 bits per heavy atom. The Bertz CT molecular complexity index is 575. The maximum Gasteiger partial charge on any atom is 0.408 e. The Hall–Kier alpha value is -2.04. The van der Waals surface area contributed by atoms with Crippen molar-refractivity contribution in [1.82, 2.24) is 5.32 Å². The van der Waals surface area contributed by atoms with Crippen molar-refractivity contribution in [1.29, 1.82) is 0 Å². The Balaban J connectivity index is 3.01. The van der Waals surface area contributed by atoms with Gasteiger partial charge in [-0.05, 0) is 47.1 Å². The van der Waals surface area contributed by atoms with Crippen LogP contribution in [0.3, 0.4) is 0 Å². The summed E-state index contributed by atoms with van der Waals surface area (Å²) in [6.45, 7) is 10.3. The quantitative estimate of drug-likeness (QED) is 0.862. The second kappa shape index (κ2) is 7.49. The molecule has 0 heterocycles. The molecular weight excluding hydrogens is 294 g/mol. The number of nitrogens with one attached hydrogen (secondary N) is 1. The van der Waals surface area contributed by atoms with Gasteiger partial charge in [0.1, 0.15) is 17.2 Å². The number of ether oxygens (including phenoxy) is 2. The first-order valence-electron chi connectivity index (χ1n) is 8.09. The van der Waals surface area contributed by atoms with E-state index in [1.165, 1.54) is 0 Å². The second-order valence-corrected chi connectivity index (χ2v) is 7.27. The van der Waals surface area contributed by atoms with E-state index in [1.54, 1.807) is 65.8 Å². The predicted octanol–water partition coefficient (Wildman–Crippen LogP) is 3.46. The van der Waals surface area contributed by atoms with Crippen LogP contribution in [-0.2, 0) is 20.7 Å². The number of alkyl carbamates (subject to hydrolysis) is 1. The average Bonchev–Trinajstić information content (AvgIpc) is 2.34. The summed E-state index contributed by atoms with van der Waals surface area (Å²) < 4.78 is 19.0. The van der Waals surface area contributed by atoms with Crippen LogP contribution in [0.2, 0.25) is 0 Å². The van der Waals surface area contributed by atoms with E-state index < -0.39 is 29.3 Å². The molecule has 0 saturated heterocycles. The molecule has 0 fully saturated rings. The molecule has 23 heavy (non-hydrogen) atoms. The summed E-state index contributed by atoms with van der Waals surface area (Å²) in [4.78, 5) is 24.6. The fourth-order valence-electron chi connectivity index (χ4n) is 1.73. The molecule has 1 atom stereocenters. The molecule has 1 N–H and O–H groups in total. The standard InChI is InChI=1S/C18H27NO4/c1-17(2,3)22-15(20)14(12-13-10-8-7-9-11-13)19-16(21)23-18(4,5)6/h7-11,14H,12H2,1-6H3,(H,19,21)/i14D. The van der Waals surface area contributed by atoms with Gasteiger partial charge in [0.25, 0.3) is 0 Å². The van der Waals surface area contributed by atoms with Crippen molar-refractivity contribution in [2.75, 3.05) is 0 Å². The zero-order chi connectivity index (χ0) is 18.6. The van der Waals surface area contributed by atoms with Crippen molar-refractivity contribution < 1.29 is 20.4 Å². The Morgan fingerprint density at radius 3 is 2.04 bits per heavy atom. The van der Waals surface area contributed by atoms with Crippen molar-refractivity contribution in [2.45, 2.75) is 65.2 Å². The van der Waals surface area contributed by atoms with Crippen LogP contribution in [0.25, 0.3) is 0 Å². The maximum atomic E-state index is 12.5. The third kappa shape index (κ3) is 8.24. The Labute approximate surface area is 139 Å². The topological polar surface area (TPSA) is 64.6 Å². The van der Waals surface area contributed by atoms with E-state index in [-0.39, 0.29) is 6.42 Å². The summed E-state index contributed by atoms with van der Waals surface area (Å²) in [6.07, 6.45) is -0.860. The summed E-state index contributed by atoms with van der Waals surface area (Å²) >= 11 is 0. The third-order valence-corrected chi connectivity index (χ3v) is 2.52. The zero-order valence-electron chi connectivity index (χ0n) is 15.7. The van der Waals surface area contributed by atoms with E-state index in [9.17, 15) is 9.59 Å². The number of benzene rings is 1. The van der Waals surface area contributed by atoms with Crippen molar-refractivity contribution in [2.24, 2.45) is 0 Å². The highest BCUT2D eigenvalue weighted by Gasteiger charge is 2.28. The van der Waals surface area contributed by atoms with Crippen LogP contribution in [0.4, 0.5) is 4.79 Å². The van der Waals surface area contributed by atoms with Gasteiger partial charge in [-0.25, -0.2) is 9.59 Å². The molecule has 1 rings (SSSR count). The molecule has 1 aromatic rings. The van der Waals surface area contributed by atoms with Crippen molar-refractivity contribution in [3.05, 3.63) is 35.9 Å². The maximum absolute atomic E-state index is 12.5. The molecule has 128 valence electrons. The monoisotopic (exact) mass is 322 g/mol. The highest BCUT2D eigenvalue weighted by atomic mass is 16.6. The summed E-state index contributed by atoms with van der Waals surface area (Å²) in [6, 6.07) is 7.03. The molecule has 1 amide bonds. The lowest BCUT2D eigenvalue weighted by atomic mass is 10.1. The molecule has 0 aliphatic heterocycles. The molecule has 0 radical (unpaired) electrons. The van der Waals surface area contributed by atoms with Crippen LogP contribution in [-0.4, -0.2) is 29.3 Å². The smallest absolute Gasteiger partial charge is 0.408 e. The van der Waals surface area contributed by atoms with Gasteiger partial charge in [-0.1, -0.05) is 30.3 Å². The number of carbonyl (C=O) groups excluding carboxylic acids is 2. The number of amides is 1. The lowest BCUT2D eigenvalue weighted by molar-refractivity contribution is -0.157. The molecule has 0 bridgehead atoms. The minimum atomic E-state index is -1.98. The lowest BCUT2D eigenvalue weighted by Gasteiger charge is -2.26. The van der Waals surface area contributed by atoms with Gasteiger partial charge < -0.3 is 14.8 Å². The van der Waals surface area contributed by atoms with E-state index in [2.05, 4.69) is 5.32 Å². The van der Waals surface area contributed by atoms with Gasteiger partial charge in [-0.2, -0.15) is 0 Å². The number of esters is 1. The van der Waals surface area contributed by atoms with Gasteiger partial charge >= 0.3 is 12.1 Å². The highest BCUT2D eigenvalue weighted by Crippen LogP contribution is 2.13. The number of rotatable bonds is 4. The van der Waals surface area contributed by atoms with E-state index in [0.717, 1.165) is 5.56 Å². The van der Waals surface area contributed by atoms with Gasteiger partial charge in [0.05, 0.1) is 1.37 Å². The minimum absolute atomic E-state index is 0.0258. The van der Waals surface area contributed by atoms with E-state index in [4.69, 9.17) is 10.8 Å². The largest absolute Gasteiger partial charge is 0.458 e. The van der Waals surface area contributed by atoms with Crippen LogP contribution in [0, 0.1) is 0 Å². The van der Waals surface area contributed by atoms with Gasteiger partial charge in [-0.3, -0.25) is 0 Å². The molecule has 0 aliphatic rings. The zero-order valence-corrected chi connectivity index (χ0v) is 14.7. The van der Waals surface area contributed by atoms with Crippen LogP contribution in [0.15, 0.2) is 30.3 Å². The summed E-state index contributed by atoms with van der Waals surface area (Å²) in [5.41, 5.74) is -0.768. The van der Waals surface area contributed by atoms with E-state index >= 15 is 0 Å². The molecular formula is C18H27NO4. The normalized spacial score (nSPS) is 15.1. The first kappa shape index (κ1) is 17.3. The van der Waals surface area contributed by atoms with Gasteiger partial charge in [0.2, 0.25) is 0 Å². The minimum Gasteiger partial charge on any atom is -0.458 e. The van der Waals surface area contributed by atoms with Crippen molar-refractivity contribution >= 4 is 12.1 Å². The lowest BCUT2D eigenvalue weighted by Crippen LogP contribution is -2.47. The SMILES string of the molecule is [2H]C(Cc1ccccc1)(NC(=O)OC(C)(C)C)C(=O)OC(C)(C)C. The van der Waals surface area contributed by atoms with Crippen molar-refractivity contribution in [3.63, 3.8) is 0 Å². The molecule has 1 unspecified atom stereocenters. The highest BCUT2D eigenvalue weighted by molar-refractivity contribution is 5.82. The molecule has 0 aliphatic carbocycles. The Morgan fingerprint density at radius 2 is 1.57 bits per heavy atom. The van der Waals surface area contributed by atoms with Gasteiger partial charge in [0.15, 0.2) is 0 Å². The molecule has 1 aromatic carbocycles. The fraction of sp³-hybridized carbons (Fsp3) is 0.556. The molecule has 5 nitrogen and oxygen atoms in total. The third-order valence-electron chi connectivity index (χ3n) is 2.52. The van der Waals surface area contributed by atoms with E-state index in [0.29, 0.717) is 0 Å². The molecule has 0 saturated carbocycles. The van der Waals surface area contributed by atoms with Crippen LogP contribution in [0.5, 0.6) is 0 Å². The first-order chi connectivity index (χ1) is 10.8. The summed E-state index contributed by atoms with van der Waals surface area (Å²) in [7, 11) is 0. The second-order valence-electron chi connectivity index (χ2n) is 7.27. The fourth-order valence-corrected chi connectivity index (χ4v) is 1.73. The Kier molecular flexibility index (Phi) is 5.64. The van der Waals surface area contributed by atoms with Crippen LogP contribution >= 0.6 is 0 Å². The van der Waals surface area contributed by atoms with Gasteiger partial charge in [0, 0.05) is 6.42 Å². The number of carbonyl (C=O) groups is 2. The molecule has 5 heteroatoms. The van der Waals surface area contributed by atoms with Crippen LogP contribution < -0.4 is 5.32 Å². The van der Waals surface area contributed by atoms with Crippen molar-refractivity contribution in [3.8, 4) is 0 Å². The number of hydrogen-bond donors (Lipinski definition) is 1. The average molecular weight is 322 g/mol. The molecule has 0 aromatic heterocycles. The van der Waals surface area contributed by atoms with Crippen LogP contribution in [0.1, 0.15) is 48.5 Å². The summed E-state index contributed by atoms with van der Waals surface area (Å²) in [5.74, 6) is -0.829. The first-order valence-corrected chi connectivity index (χ1v) is 7.59. The number of hydrogen-bond acceptors (Lipinski definition) is 4.